The summed E-state index contributed by atoms with van der Waals surface area (Å²) in [7, 11) is 1.65. The number of nitrogens with one attached hydrogen (secondary N) is 1. The molecule has 8 nitrogen and oxygen atoms in total. The Bertz CT molecular complexity index is 481. The first-order valence-corrected chi connectivity index (χ1v) is 7.63. The fourth-order valence-electron chi connectivity index (χ4n) is 2.48. The van der Waals surface area contributed by atoms with Crippen LogP contribution >= 0.6 is 24.8 Å². The monoisotopic (exact) mass is 383 g/mol. The number of ether oxygens (including phenoxy) is 1. The van der Waals surface area contributed by atoms with Crippen LogP contribution in [0.25, 0.3) is 0 Å². The molecule has 1 unspecified atom stereocenters. The van der Waals surface area contributed by atoms with Crippen molar-refractivity contribution in [2.75, 3.05) is 53.0 Å². The van der Waals surface area contributed by atoms with Gasteiger partial charge in [0.1, 0.15) is 0 Å². The van der Waals surface area contributed by atoms with Crippen LogP contribution in [0.5, 0.6) is 0 Å². The van der Waals surface area contributed by atoms with Gasteiger partial charge in [0.15, 0.2) is 5.82 Å². The second kappa shape index (κ2) is 11.6. The van der Waals surface area contributed by atoms with Gasteiger partial charge in [-0.3, -0.25) is 9.69 Å². The minimum absolute atomic E-state index is 0. The predicted molar refractivity (Wildman–Crippen MR) is 94.8 cm³/mol. The van der Waals surface area contributed by atoms with Crippen LogP contribution in [0.3, 0.4) is 0 Å². The van der Waals surface area contributed by atoms with Gasteiger partial charge in [0.25, 0.3) is 0 Å². The number of hydrogen-bond donors (Lipinski definition) is 1. The van der Waals surface area contributed by atoms with Crippen molar-refractivity contribution in [2.45, 2.75) is 19.9 Å². The maximum atomic E-state index is 12.1. The quantitative estimate of drug-likeness (QED) is 0.692. The zero-order valence-electron chi connectivity index (χ0n) is 14.4. The molecule has 0 radical (unpaired) electrons. The van der Waals surface area contributed by atoms with Crippen LogP contribution in [-0.4, -0.2) is 78.8 Å². The van der Waals surface area contributed by atoms with Crippen molar-refractivity contribution < 1.29 is 14.1 Å². The molecule has 0 aliphatic carbocycles. The van der Waals surface area contributed by atoms with Crippen LogP contribution in [0, 0.1) is 6.92 Å². The summed E-state index contributed by atoms with van der Waals surface area (Å²) in [5.74, 6) is 1.42. The summed E-state index contributed by atoms with van der Waals surface area (Å²) in [6.45, 7) is 8.60. The van der Waals surface area contributed by atoms with Gasteiger partial charge in [-0.2, -0.15) is 4.98 Å². The Labute approximate surface area is 155 Å². The zero-order valence-corrected chi connectivity index (χ0v) is 16.0. The van der Waals surface area contributed by atoms with E-state index in [0.29, 0.717) is 31.4 Å². The fraction of sp³-hybridized carbons (Fsp3) is 0.786. The topological polar surface area (TPSA) is 83.7 Å². The molecule has 1 N–H and O–H groups in total. The van der Waals surface area contributed by atoms with Gasteiger partial charge in [-0.15, -0.1) is 24.8 Å². The first kappa shape index (κ1) is 23.1. The van der Waals surface area contributed by atoms with Gasteiger partial charge in [-0.05, 0) is 13.8 Å². The number of methoxy groups -OCH3 is 1. The summed E-state index contributed by atoms with van der Waals surface area (Å²) in [4.78, 5) is 20.5. The first-order valence-electron chi connectivity index (χ1n) is 7.63. The molecule has 0 spiro atoms. The van der Waals surface area contributed by atoms with Gasteiger partial charge in [-0.25, -0.2) is 0 Å². The molecule has 24 heavy (non-hydrogen) atoms. The Morgan fingerprint density at radius 3 is 2.54 bits per heavy atom. The van der Waals surface area contributed by atoms with Crippen molar-refractivity contribution in [3.63, 3.8) is 0 Å². The van der Waals surface area contributed by atoms with Gasteiger partial charge in [0, 0.05) is 39.8 Å². The number of rotatable bonds is 7. The highest BCUT2D eigenvalue weighted by Crippen LogP contribution is 2.19. The second-order valence-corrected chi connectivity index (χ2v) is 5.44. The first-order chi connectivity index (χ1) is 10.6. The van der Waals surface area contributed by atoms with E-state index in [1.165, 1.54) is 0 Å². The number of halogens is 2. The number of hydrogen-bond acceptors (Lipinski definition) is 7. The smallest absolute Gasteiger partial charge is 0.243 e. The van der Waals surface area contributed by atoms with E-state index in [4.69, 9.17) is 9.26 Å². The highest BCUT2D eigenvalue weighted by Gasteiger charge is 2.27. The third kappa shape index (κ3) is 6.52. The minimum atomic E-state index is 0. The molecular formula is C14H27Cl2N5O3. The number of amides is 1. The van der Waals surface area contributed by atoms with E-state index in [-0.39, 0.29) is 36.8 Å². The fourth-order valence-corrected chi connectivity index (χ4v) is 2.48. The van der Waals surface area contributed by atoms with Crippen molar-refractivity contribution in [3.05, 3.63) is 11.7 Å². The highest BCUT2D eigenvalue weighted by atomic mass is 35.5. The molecule has 1 saturated heterocycles. The van der Waals surface area contributed by atoms with Gasteiger partial charge < -0.3 is 19.5 Å². The minimum Gasteiger partial charge on any atom is -0.383 e. The van der Waals surface area contributed by atoms with E-state index in [1.807, 2.05) is 11.8 Å². The Morgan fingerprint density at radius 2 is 2.00 bits per heavy atom. The van der Waals surface area contributed by atoms with E-state index in [1.54, 1.807) is 7.11 Å². The van der Waals surface area contributed by atoms with Crippen molar-refractivity contribution >= 4 is 30.7 Å². The summed E-state index contributed by atoms with van der Waals surface area (Å²) >= 11 is 0. The zero-order chi connectivity index (χ0) is 15.9. The molecule has 0 aromatic carbocycles. The summed E-state index contributed by atoms with van der Waals surface area (Å²) in [5, 5.41) is 6.91. The summed E-state index contributed by atoms with van der Waals surface area (Å²) in [6, 6.07) is 0.0817. The molecule has 1 fully saturated rings. The van der Waals surface area contributed by atoms with Crippen LogP contribution in [0.2, 0.25) is 0 Å². The van der Waals surface area contributed by atoms with Crippen molar-refractivity contribution in [3.8, 4) is 0 Å². The van der Waals surface area contributed by atoms with Crippen LogP contribution in [-0.2, 0) is 9.53 Å². The predicted octanol–water partition coefficient (Wildman–Crippen LogP) is 0.663. The van der Waals surface area contributed by atoms with Crippen LogP contribution in [0.15, 0.2) is 4.52 Å². The molecule has 0 bridgehead atoms. The third-order valence-electron chi connectivity index (χ3n) is 3.87. The molecule has 1 atom stereocenters. The van der Waals surface area contributed by atoms with Crippen molar-refractivity contribution in [1.29, 1.82) is 0 Å². The van der Waals surface area contributed by atoms with Crippen LogP contribution in [0.1, 0.15) is 24.7 Å². The SMILES string of the molecule is COCCNCC(=O)N1CCN(C(C)c2nc(C)no2)CC1.Cl.Cl. The molecule has 1 aliphatic heterocycles. The highest BCUT2D eigenvalue weighted by molar-refractivity contribution is 5.85. The van der Waals surface area contributed by atoms with E-state index in [2.05, 4.69) is 27.3 Å². The lowest BCUT2D eigenvalue weighted by Gasteiger charge is -2.36. The molecule has 1 aromatic heterocycles. The van der Waals surface area contributed by atoms with Gasteiger partial charge in [-0.1, -0.05) is 5.16 Å². The normalized spacial score (nSPS) is 16.2. The van der Waals surface area contributed by atoms with E-state index >= 15 is 0 Å². The number of piperazine rings is 1. The standard InChI is InChI=1S/C14H25N5O3.2ClH/c1-11(14-16-12(2)17-22-14)18-5-7-19(8-6-18)13(20)10-15-4-9-21-3;;/h11,15H,4-10H2,1-3H3;2*1H. The molecule has 10 heteroatoms. The number of nitrogens with zero attached hydrogens (tertiary/aromatic N) is 4. The van der Waals surface area contributed by atoms with Crippen LogP contribution < -0.4 is 5.32 Å². The molecule has 0 saturated carbocycles. The molecule has 140 valence electrons. The third-order valence-corrected chi connectivity index (χ3v) is 3.87. The van der Waals surface area contributed by atoms with E-state index in [9.17, 15) is 4.79 Å². The Morgan fingerprint density at radius 1 is 1.33 bits per heavy atom. The van der Waals surface area contributed by atoms with E-state index in [0.717, 1.165) is 26.2 Å². The molecule has 2 heterocycles. The summed E-state index contributed by atoms with van der Waals surface area (Å²) in [5.41, 5.74) is 0. The van der Waals surface area contributed by atoms with Crippen molar-refractivity contribution in [2.24, 2.45) is 0 Å². The van der Waals surface area contributed by atoms with Crippen molar-refractivity contribution in [1.82, 2.24) is 25.3 Å². The van der Waals surface area contributed by atoms with Gasteiger partial charge >= 0.3 is 0 Å². The molecule has 1 amide bonds. The number of aromatic nitrogens is 2. The average Bonchev–Trinajstić information content (AvgIpc) is 2.97. The lowest BCUT2D eigenvalue weighted by Crippen LogP contribution is -2.51. The Hall–Kier alpha value is -0.930. The van der Waals surface area contributed by atoms with Crippen LogP contribution in [0.4, 0.5) is 0 Å². The second-order valence-electron chi connectivity index (χ2n) is 5.44. The maximum Gasteiger partial charge on any atom is 0.243 e. The Balaban J connectivity index is 0.00000264. The van der Waals surface area contributed by atoms with E-state index < -0.39 is 0 Å². The van der Waals surface area contributed by atoms with Gasteiger partial charge in [0.2, 0.25) is 11.8 Å². The molecule has 1 aliphatic rings. The lowest BCUT2D eigenvalue weighted by molar-refractivity contribution is -0.132. The molecule has 2 rings (SSSR count). The van der Waals surface area contributed by atoms with Gasteiger partial charge in [0.05, 0.1) is 19.2 Å². The number of carbonyl (C=O) groups excluding carboxylic acids is 1. The number of carbonyl (C=O) groups is 1. The molecule has 1 aromatic rings. The average molecular weight is 384 g/mol. The summed E-state index contributed by atoms with van der Waals surface area (Å²) < 4.78 is 10.2. The maximum absolute atomic E-state index is 12.1. The Kier molecular flexibility index (Phi) is 11.1. The summed E-state index contributed by atoms with van der Waals surface area (Å²) in [6.07, 6.45) is 0. The molecular weight excluding hydrogens is 357 g/mol. The number of aryl methyl sites for hydroxylation is 1. The lowest BCUT2D eigenvalue weighted by atomic mass is 10.2. The largest absolute Gasteiger partial charge is 0.383 e.